The number of pyridine rings is 1. The van der Waals surface area contributed by atoms with Gasteiger partial charge in [-0.1, -0.05) is 44.5 Å². The molecular weight excluding hydrogens is 475 g/mol. The highest BCUT2D eigenvalue weighted by atomic mass is 35.5. The molecule has 2 amide bonds. The lowest BCUT2D eigenvalue weighted by molar-refractivity contribution is 0.216. The van der Waals surface area contributed by atoms with Crippen LogP contribution in [0.25, 0.3) is 21.7 Å². The summed E-state index contributed by atoms with van der Waals surface area (Å²) in [5, 5.41) is 14.5. The van der Waals surface area contributed by atoms with Gasteiger partial charge in [-0.3, -0.25) is 10.2 Å². The van der Waals surface area contributed by atoms with Gasteiger partial charge in [-0.25, -0.2) is 14.2 Å². The Balaban J connectivity index is 1.68. The van der Waals surface area contributed by atoms with Crippen LogP contribution in [0.1, 0.15) is 25.8 Å². The van der Waals surface area contributed by atoms with Crippen molar-refractivity contribution in [2.24, 2.45) is 0 Å². The molecule has 0 aliphatic carbocycles. The smallest absolute Gasteiger partial charge is 0.303 e. The van der Waals surface area contributed by atoms with E-state index in [1.807, 2.05) is 18.2 Å². The molecular formula is C25H22ClFN4O2S. The zero-order chi connectivity index (χ0) is 24.5. The number of thiazole rings is 1. The van der Waals surface area contributed by atoms with Crippen molar-refractivity contribution >= 4 is 40.3 Å². The molecule has 2 aromatic carbocycles. The topological polar surface area (TPSA) is 78.3 Å². The molecule has 4 rings (SSSR count). The van der Waals surface area contributed by atoms with Crippen LogP contribution in [0.5, 0.6) is 0 Å². The molecule has 174 valence electrons. The highest BCUT2D eigenvalue weighted by Gasteiger charge is 2.24. The van der Waals surface area contributed by atoms with Gasteiger partial charge >= 0.3 is 6.03 Å². The number of halogens is 2. The Kier molecular flexibility index (Phi) is 6.65. The van der Waals surface area contributed by atoms with Crippen LogP contribution in [-0.2, 0) is 5.41 Å². The number of nitrogens with one attached hydrogen (secondary N) is 1. The maximum Gasteiger partial charge on any atom is 0.350 e. The first-order chi connectivity index (χ1) is 16.1. The average molecular weight is 497 g/mol. The first-order valence-electron chi connectivity index (χ1n) is 10.4. The SMILES string of the molecule is CC(C)(C)c1nc(-c2ccncc2)c(-c2cccc(N(O)C(=O)Nc3ccc(Cl)cc3F)c2)s1. The Hall–Kier alpha value is -3.33. The van der Waals surface area contributed by atoms with Crippen molar-refractivity contribution in [1.82, 2.24) is 9.97 Å². The van der Waals surface area contributed by atoms with Crippen LogP contribution in [-0.4, -0.2) is 21.2 Å². The second-order valence-electron chi connectivity index (χ2n) is 8.60. The van der Waals surface area contributed by atoms with E-state index in [4.69, 9.17) is 16.6 Å². The van der Waals surface area contributed by atoms with E-state index in [0.717, 1.165) is 32.8 Å². The molecule has 0 spiro atoms. The molecule has 34 heavy (non-hydrogen) atoms. The summed E-state index contributed by atoms with van der Waals surface area (Å²) in [6.45, 7) is 6.29. The van der Waals surface area contributed by atoms with Crippen molar-refractivity contribution in [3.05, 3.63) is 82.8 Å². The fourth-order valence-corrected chi connectivity index (χ4v) is 4.50. The minimum atomic E-state index is -0.910. The third-order valence-electron chi connectivity index (χ3n) is 4.94. The van der Waals surface area contributed by atoms with E-state index in [1.165, 1.54) is 12.1 Å². The van der Waals surface area contributed by atoms with Gasteiger partial charge in [0, 0.05) is 28.4 Å². The van der Waals surface area contributed by atoms with Gasteiger partial charge in [0.25, 0.3) is 0 Å². The number of anilines is 2. The van der Waals surface area contributed by atoms with Gasteiger partial charge in [-0.15, -0.1) is 11.3 Å². The molecule has 2 heterocycles. The van der Waals surface area contributed by atoms with Gasteiger partial charge in [0.1, 0.15) is 5.82 Å². The molecule has 4 aromatic rings. The number of nitrogens with zero attached hydrogens (tertiary/aromatic N) is 3. The van der Waals surface area contributed by atoms with Crippen molar-refractivity contribution in [3.8, 4) is 21.7 Å². The van der Waals surface area contributed by atoms with Gasteiger partial charge < -0.3 is 5.32 Å². The fourth-order valence-electron chi connectivity index (χ4n) is 3.20. The lowest BCUT2D eigenvalue weighted by atomic mass is 9.98. The minimum Gasteiger partial charge on any atom is -0.303 e. The Morgan fingerprint density at radius 1 is 1.09 bits per heavy atom. The number of hydrogen-bond acceptors (Lipinski definition) is 5. The van der Waals surface area contributed by atoms with Gasteiger partial charge in [-0.05, 0) is 48.0 Å². The molecule has 0 aliphatic rings. The molecule has 2 N–H and O–H groups in total. The summed E-state index contributed by atoms with van der Waals surface area (Å²) >= 11 is 7.31. The van der Waals surface area contributed by atoms with Crippen LogP contribution in [0, 0.1) is 5.82 Å². The molecule has 0 atom stereocenters. The van der Waals surface area contributed by atoms with E-state index in [-0.39, 0.29) is 21.8 Å². The highest BCUT2D eigenvalue weighted by molar-refractivity contribution is 7.15. The van der Waals surface area contributed by atoms with E-state index < -0.39 is 11.8 Å². The quantitative estimate of drug-likeness (QED) is 0.228. The second kappa shape index (κ2) is 9.50. The maximum atomic E-state index is 14.1. The number of carbonyl (C=O) groups excluding carboxylic acids is 1. The summed E-state index contributed by atoms with van der Waals surface area (Å²) in [5.74, 6) is -0.704. The third-order valence-corrected chi connectivity index (χ3v) is 6.71. The van der Waals surface area contributed by atoms with Crippen LogP contribution < -0.4 is 10.4 Å². The zero-order valence-electron chi connectivity index (χ0n) is 18.7. The molecule has 0 fully saturated rings. The number of hydroxylamine groups is 1. The summed E-state index contributed by atoms with van der Waals surface area (Å²) in [4.78, 5) is 22.5. The number of hydrogen-bond donors (Lipinski definition) is 2. The van der Waals surface area contributed by atoms with E-state index in [0.29, 0.717) is 5.06 Å². The molecule has 0 saturated heterocycles. The highest BCUT2D eigenvalue weighted by Crippen LogP contribution is 2.41. The van der Waals surface area contributed by atoms with Gasteiger partial charge in [-0.2, -0.15) is 5.06 Å². The van der Waals surface area contributed by atoms with Crippen molar-refractivity contribution in [2.75, 3.05) is 10.4 Å². The normalized spacial score (nSPS) is 11.4. The van der Waals surface area contributed by atoms with Gasteiger partial charge in [0.05, 0.1) is 27.0 Å². The molecule has 9 heteroatoms. The van der Waals surface area contributed by atoms with Crippen LogP contribution in [0.3, 0.4) is 0 Å². The molecule has 0 unspecified atom stereocenters. The van der Waals surface area contributed by atoms with Crippen LogP contribution in [0.4, 0.5) is 20.6 Å². The number of rotatable bonds is 4. The van der Waals surface area contributed by atoms with Crippen molar-refractivity contribution < 1.29 is 14.4 Å². The summed E-state index contributed by atoms with van der Waals surface area (Å²) in [5.41, 5.74) is 2.46. The largest absolute Gasteiger partial charge is 0.350 e. The Morgan fingerprint density at radius 3 is 2.50 bits per heavy atom. The lowest BCUT2D eigenvalue weighted by Crippen LogP contribution is -2.32. The van der Waals surface area contributed by atoms with Crippen molar-refractivity contribution in [2.45, 2.75) is 26.2 Å². The number of amides is 2. The summed E-state index contributed by atoms with van der Waals surface area (Å²) in [6.07, 6.45) is 3.42. The summed E-state index contributed by atoms with van der Waals surface area (Å²) in [6, 6.07) is 13.6. The van der Waals surface area contributed by atoms with Crippen LogP contribution in [0.15, 0.2) is 67.0 Å². The first kappa shape index (κ1) is 23.8. The number of urea groups is 1. The van der Waals surface area contributed by atoms with Gasteiger partial charge in [0.15, 0.2) is 0 Å². The summed E-state index contributed by atoms with van der Waals surface area (Å²) < 4.78 is 14.1. The predicted octanol–water partition coefficient (Wildman–Crippen LogP) is 7.39. The lowest BCUT2D eigenvalue weighted by Gasteiger charge is -2.17. The number of benzene rings is 2. The average Bonchev–Trinajstić information content (AvgIpc) is 3.27. The number of aromatic nitrogens is 2. The Labute approximate surface area is 205 Å². The first-order valence-corrected chi connectivity index (χ1v) is 11.6. The van der Waals surface area contributed by atoms with Crippen LogP contribution in [0.2, 0.25) is 5.02 Å². The van der Waals surface area contributed by atoms with Crippen molar-refractivity contribution in [1.29, 1.82) is 0 Å². The third kappa shape index (κ3) is 5.09. The van der Waals surface area contributed by atoms with E-state index >= 15 is 0 Å². The van der Waals surface area contributed by atoms with E-state index in [9.17, 15) is 14.4 Å². The molecule has 0 radical (unpaired) electrons. The molecule has 0 bridgehead atoms. The fraction of sp³-hybridized carbons (Fsp3) is 0.160. The second-order valence-corrected chi connectivity index (χ2v) is 10.0. The predicted molar refractivity (Wildman–Crippen MR) is 134 cm³/mol. The Morgan fingerprint density at radius 2 is 1.82 bits per heavy atom. The Bertz CT molecular complexity index is 1340. The molecule has 0 aliphatic heterocycles. The molecule has 2 aromatic heterocycles. The zero-order valence-corrected chi connectivity index (χ0v) is 20.3. The standard InChI is InChI=1S/C25H22ClFN4O2S/c1-25(2,3)23-30-21(15-9-11-28-12-10-15)22(34-23)16-5-4-6-18(13-16)31(33)24(32)29-20-8-7-17(26)14-19(20)27/h4-14,33H,1-3H3,(H,29,32). The monoisotopic (exact) mass is 496 g/mol. The van der Waals surface area contributed by atoms with E-state index in [2.05, 4.69) is 31.1 Å². The van der Waals surface area contributed by atoms with E-state index in [1.54, 1.807) is 41.9 Å². The molecule has 0 saturated carbocycles. The van der Waals surface area contributed by atoms with Crippen molar-refractivity contribution in [3.63, 3.8) is 0 Å². The maximum absolute atomic E-state index is 14.1. The minimum absolute atomic E-state index is 0.0955. The van der Waals surface area contributed by atoms with Gasteiger partial charge in [0.2, 0.25) is 0 Å². The summed E-state index contributed by atoms with van der Waals surface area (Å²) in [7, 11) is 0. The number of carbonyl (C=O) groups is 1. The molecule has 6 nitrogen and oxygen atoms in total. The van der Waals surface area contributed by atoms with Crippen LogP contribution >= 0.6 is 22.9 Å².